The first-order chi connectivity index (χ1) is 10.9. The van der Waals surface area contributed by atoms with Gasteiger partial charge in [-0.2, -0.15) is 0 Å². The SMILES string of the molecule is C[C@@H](O)[C@H]1CC[C@@H]2[C@H]3CCC4=CC(=O)CC[C@]4(C)[C@@H]3CC[C@@]21C. The fraction of sp³-hybridized carbons (Fsp3) is 0.857. The van der Waals surface area contributed by atoms with Gasteiger partial charge in [-0.3, -0.25) is 4.79 Å². The fourth-order valence-corrected chi connectivity index (χ4v) is 7.39. The predicted octanol–water partition coefficient (Wildman–Crippen LogP) is 4.52. The predicted molar refractivity (Wildman–Crippen MR) is 91.9 cm³/mol. The van der Waals surface area contributed by atoms with Crippen LogP contribution in [0.25, 0.3) is 0 Å². The highest BCUT2D eigenvalue weighted by atomic mass is 16.3. The van der Waals surface area contributed by atoms with Crippen molar-refractivity contribution < 1.29 is 9.90 Å². The van der Waals surface area contributed by atoms with Crippen LogP contribution in [0.2, 0.25) is 0 Å². The standard InChI is InChI=1S/C21H32O2/c1-13(22)17-6-7-18-16-5-4-14-12-15(23)8-10-20(14,2)19(16)9-11-21(17,18)3/h12-13,16-19,22H,4-11H2,1-3H3/t13-,16-,17-,18-,19-,20+,21-/m1/s1. The van der Waals surface area contributed by atoms with E-state index in [1.165, 1.54) is 37.7 Å². The molecular weight excluding hydrogens is 284 g/mol. The molecule has 0 bridgehead atoms. The van der Waals surface area contributed by atoms with Gasteiger partial charge >= 0.3 is 0 Å². The van der Waals surface area contributed by atoms with Crippen LogP contribution in [0.15, 0.2) is 11.6 Å². The number of aliphatic hydroxyl groups excluding tert-OH is 1. The van der Waals surface area contributed by atoms with E-state index in [1.54, 1.807) is 0 Å². The topological polar surface area (TPSA) is 37.3 Å². The van der Waals surface area contributed by atoms with Crippen molar-refractivity contribution in [3.05, 3.63) is 11.6 Å². The van der Waals surface area contributed by atoms with Gasteiger partial charge in [0, 0.05) is 6.42 Å². The van der Waals surface area contributed by atoms with Gasteiger partial charge in [0.05, 0.1) is 6.10 Å². The smallest absolute Gasteiger partial charge is 0.155 e. The molecule has 3 fully saturated rings. The number of ketones is 1. The Balaban J connectivity index is 1.66. The highest BCUT2D eigenvalue weighted by molar-refractivity contribution is 5.91. The molecule has 0 saturated heterocycles. The minimum Gasteiger partial charge on any atom is -0.393 e. The molecule has 0 heterocycles. The van der Waals surface area contributed by atoms with Crippen LogP contribution in [0.3, 0.4) is 0 Å². The number of carbonyl (C=O) groups is 1. The van der Waals surface area contributed by atoms with Crippen molar-refractivity contribution in [2.75, 3.05) is 0 Å². The Morgan fingerprint density at radius 1 is 1.09 bits per heavy atom. The lowest BCUT2D eigenvalue weighted by atomic mass is 9.46. The summed E-state index contributed by atoms with van der Waals surface area (Å²) >= 11 is 0. The van der Waals surface area contributed by atoms with Crippen LogP contribution < -0.4 is 0 Å². The van der Waals surface area contributed by atoms with Crippen molar-refractivity contribution in [1.29, 1.82) is 0 Å². The summed E-state index contributed by atoms with van der Waals surface area (Å²) in [6, 6.07) is 0. The van der Waals surface area contributed by atoms with Crippen molar-refractivity contribution in [3.8, 4) is 0 Å². The average molecular weight is 316 g/mol. The number of carbonyl (C=O) groups excluding carboxylic acids is 1. The molecule has 7 atom stereocenters. The highest BCUT2D eigenvalue weighted by Gasteiger charge is 2.59. The van der Waals surface area contributed by atoms with Gasteiger partial charge in [-0.25, -0.2) is 0 Å². The van der Waals surface area contributed by atoms with Gasteiger partial charge in [0.1, 0.15) is 0 Å². The van der Waals surface area contributed by atoms with Crippen molar-refractivity contribution in [1.82, 2.24) is 0 Å². The number of aliphatic hydroxyl groups is 1. The second kappa shape index (κ2) is 5.18. The zero-order valence-electron chi connectivity index (χ0n) is 15.0. The highest BCUT2D eigenvalue weighted by Crippen LogP contribution is 2.66. The normalized spacial score (nSPS) is 50.6. The largest absolute Gasteiger partial charge is 0.393 e. The fourth-order valence-electron chi connectivity index (χ4n) is 7.39. The molecule has 0 amide bonds. The summed E-state index contributed by atoms with van der Waals surface area (Å²) in [5.74, 6) is 3.21. The van der Waals surface area contributed by atoms with Crippen LogP contribution in [0.1, 0.15) is 72.1 Å². The first-order valence-electron chi connectivity index (χ1n) is 9.78. The third kappa shape index (κ3) is 2.13. The molecule has 2 heteroatoms. The van der Waals surface area contributed by atoms with E-state index in [1.807, 2.05) is 13.0 Å². The van der Waals surface area contributed by atoms with Crippen LogP contribution in [-0.2, 0) is 4.79 Å². The molecule has 2 nitrogen and oxygen atoms in total. The molecule has 23 heavy (non-hydrogen) atoms. The van der Waals surface area contributed by atoms with Gasteiger partial charge in [-0.1, -0.05) is 19.4 Å². The van der Waals surface area contributed by atoms with Crippen LogP contribution in [-0.4, -0.2) is 17.0 Å². The summed E-state index contributed by atoms with van der Waals surface area (Å²) in [4.78, 5) is 11.9. The Hall–Kier alpha value is -0.630. The number of hydrogen-bond donors (Lipinski definition) is 1. The van der Waals surface area contributed by atoms with Crippen LogP contribution in [0.4, 0.5) is 0 Å². The maximum Gasteiger partial charge on any atom is 0.155 e. The molecule has 4 rings (SSSR count). The molecule has 0 aliphatic heterocycles. The van der Waals surface area contributed by atoms with Crippen molar-refractivity contribution in [2.24, 2.45) is 34.5 Å². The Kier molecular flexibility index (Phi) is 3.58. The molecule has 3 saturated carbocycles. The van der Waals surface area contributed by atoms with E-state index in [2.05, 4.69) is 13.8 Å². The average Bonchev–Trinajstić information content (AvgIpc) is 2.85. The third-order valence-electron chi connectivity index (χ3n) is 8.62. The summed E-state index contributed by atoms with van der Waals surface area (Å²) in [7, 11) is 0. The number of allylic oxidation sites excluding steroid dienone is 1. The van der Waals surface area contributed by atoms with E-state index in [0.29, 0.717) is 17.1 Å². The van der Waals surface area contributed by atoms with Crippen molar-refractivity contribution in [2.45, 2.75) is 78.2 Å². The molecule has 0 spiro atoms. The van der Waals surface area contributed by atoms with Gasteiger partial charge in [-0.15, -0.1) is 0 Å². The van der Waals surface area contributed by atoms with Gasteiger partial charge in [0.25, 0.3) is 0 Å². The summed E-state index contributed by atoms with van der Waals surface area (Å²) in [5.41, 5.74) is 2.09. The summed E-state index contributed by atoms with van der Waals surface area (Å²) in [5, 5.41) is 10.3. The molecular formula is C21H32O2. The molecule has 4 aliphatic carbocycles. The van der Waals surface area contributed by atoms with E-state index in [-0.39, 0.29) is 11.5 Å². The maximum absolute atomic E-state index is 11.9. The molecule has 0 unspecified atom stereocenters. The Labute approximate surface area is 140 Å². The van der Waals surface area contributed by atoms with Crippen LogP contribution in [0, 0.1) is 34.5 Å². The molecule has 128 valence electrons. The second-order valence-electron chi connectivity index (χ2n) is 9.44. The maximum atomic E-state index is 11.9. The van der Waals surface area contributed by atoms with Gasteiger partial charge in [0.2, 0.25) is 0 Å². The van der Waals surface area contributed by atoms with Crippen molar-refractivity contribution in [3.63, 3.8) is 0 Å². The van der Waals surface area contributed by atoms with E-state index in [4.69, 9.17) is 0 Å². The summed E-state index contributed by atoms with van der Waals surface area (Å²) in [6.07, 6.45) is 11.1. The first kappa shape index (κ1) is 15.9. The van der Waals surface area contributed by atoms with E-state index < -0.39 is 0 Å². The minimum absolute atomic E-state index is 0.163. The van der Waals surface area contributed by atoms with E-state index >= 15 is 0 Å². The first-order valence-corrected chi connectivity index (χ1v) is 9.78. The quantitative estimate of drug-likeness (QED) is 0.772. The van der Waals surface area contributed by atoms with E-state index in [9.17, 15) is 9.90 Å². The molecule has 0 aromatic heterocycles. The number of fused-ring (bicyclic) bond motifs is 5. The van der Waals surface area contributed by atoms with Gasteiger partial charge in [0.15, 0.2) is 5.78 Å². The Morgan fingerprint density at radius 2 is 1.87 bits per heavy atom. The Bertz CT molecular complexity index is 548. The number of hydrogen-bond acceptors (Lipinski definition) is 2. The van der Waals surface area contributed by atoms with Crippen molar-refractivity contribution >= 4 is 5.78 Å². The lowest BCUT2D eigenvalue weighted by Gasteiger charge is -2.58. The lowest BCUT2D eigenvalue weighted by Crippen LogP contribution is -2.51. The minimum atomic E-state index is -0.163. The van der Waals surface area contributed by atoms with Crippen LogP contribution >= 0.6 is 0 Å². The van der Waals surface area contributed by atoms with Gasteiger partial charge in [-0.05, 0) is 92.4 Å². The summed E-state index contributed by atoms with van der Waals surface area (Å²) < 4.78 is 0. The van der Waals surface area contributed by atoms with Crippen LogP contribution in [0.5, 0.6) is 0 Å². The molecule has 0 aromatic carbocycles. The monoisotopic (exact) mass is 316 g/mol. The second-order valence-corrected chi connectivity index (χ2v) is 9.44. The third-order valence-corrected chi connectivity index (χ3v) is 8.62. The summed E-state index contributed by atoms with van der Waals surface area (Å²) in [6.45, 7) is 6.92. The molecule has 1 N–H and O–H groups in total. The zero-order chi connectivity index (χ0) is 16.4. The van der Waals surface area contributed by atoms with E-state index in [0.717, 1.165) is 37.0 Å². The van der Waals surface area contributed by atoms with Gasteiger partial charge < -0.3 is 5.11 Å². The lowest BCUT2D eigenvalue weighted by molar-refractivity contribution is -0.117. The molecule has 4 aliphatic rings. The zero-order valence-corrected chi connectivity index (χ0v) is 15.0. The Morgan fingerprint density at radius 3 is 2.61 bits per heavy atom. The molecule has 0 aromatic rings. The molecule has 0 radical (unpaired) electrons. The number of rotatable bonds is 1.